The third-order valence-electron chi connectivity index (χ3n) is 4.00. The molecular weight excluding hydrogens is 372 g/mol. The number of thiocarbonyl (C=S) groups is 1. The van der Waals surface area contributed by atoms with Gasteiger partial charge in [-0.15, -0.1) is 0 Å². The SMILES string of the molecule is CCCCc1ccc(NC(=S)NNC(=O)[C@H](C)Oc2ccc(C#N)cc2)cc1. The van der Waals surface area contributed by atoms with Gasteiger partial charge in [0.2, 0.25) is 0 Å². The van der Waals surface area contributed by atoms with Crippen molar-refractivity contribution in [2.45, 2.75) is 39.2 Å². The van der Waals surface area contributed by atoms with Gasteiger partial charge in [-0.1, -0.05) is 25.5 Å². The summed E-state index contributed by atoms with van der Waals surface area (Å²) in [7, 11) is 0. The van der Waals surface area contributed by atoms with Crippen molar-refractivity contribution in [1.29, 1.82) is 5.26 Å². The molecule has 0 bridgehead atoms. The van der Waals surface area contributed by atoms with E-state index in [4.69, 9.17) is 22.2 Å². The smallest absolute Gasteiger partial charge is 0.279 e. The minimum Gasteiger partial charge on any atom is -0.481 e. The summed E-state index contributed by atoms with van der Waals surface area (Å²) in [5.74, 6) is 0.133. The zero-order valence-electron chi connectivity index (χ0n) is 16.0. The molecule has 0 aromatic heterocycles. The van der Waals surface area contributed by atoms with Crippen LogP contribution in [0.1, 0.15) is 37.8 Å². The number of nitriles is 1. The first kappa shape index (κ1) is 21.2. The van der Waals surface area contributed by atoms with Crippen molar-refractivity contribution in [2.24, 2.45) is 0 Å². The second kappa shape index (κ2) is 10.9. The van der Waals surface area contributed by atoms with Gasteiger partial charge in [-0.25, -0.2) is 0 Å². The first-order chi connectivity index (χ1) is 13.5. The highest BCUT2D eigenvalue weighted by molar-refractivity contribution is 7.80. The molecule has 2 aromatic rings. The Morgan fingerprint density at radius 3 is 2.43 bits per heavy atom. The lowest BCUT2D eigenvalue weighted by Gasteiger charge is -2.16. The van der Waals surface area contributed by atoms with Gasteiger partial charge in [0.25, 0.3) is 5.91 Å². The molecule has 3 N–H and O–H groups in total. The van der Waals surface area contributed by atoms with E-state index in [1.165, 1.54) is 18.4 Å². The third-order valence-corrected chi connectivity index (χ3v) is 4.20. The minimum absolute atomic E-state index is 0.278. The number of unbranched alkanes of at least 4 members (excludes halogenated alkanes) is 1. The van der Waals surface area contributed by atoms with Gasteiger partial charge in [0.1, 0.15) is 5.75 Å². The van der Waals surface area contributed by atoms with Gasteiger partial charge in [-0.2, -0.15) is 5.26 Å². The quantitative estimate of drug-likeness (QED) is 0.489. The Bertz CT molecular complexity index is 829. The van der Waals surface area contributed by atoms with E-state index in [1.54, 1.807) is 31.2 Å². The van der Waals surface area contributed by atoms with Crippen LogP contribution in [0.4, 0.5) is 5.69 Å². The molecule has 1 atom stereocenters. The number of benzene rings is 2. The minimum atomic E-state index is -0.735. The molecule has 0 radical (unpaired) electrons. The maximum atomic E-state index is 12.1. The number of ether oxygens (including phenoxy) is 1. The van der Waals surface area contributed by atoms with Crippen LogP contribution in [0.5, 0.6) is 5.75 Å². The van der Waals surface area contributed by atoms with Gasteiger partial charge in [-0.3, -0.25) is 15.6 Å². The fraction of sp³-hybridized carbons (Fsp3) is 0.286. The molecule has 0 fully saturated rings. The number of nitrogens with one attached hydrogen (secondary N) is 3. The predicted molar refractivity (Wildman–Crippen MR) is 114 cm³/mol. The highest BCUT2D eigenvalue weighted by Crippen LogP contribution is 2.14. The van der Waals surface area contributed by atoms with Crippen molar-refractivity contribution < 1.29 is 9.53 Å². The Balaban J connectivity index is 1.76. The largest absolute Gasteiger partial charge is 0.481 e. The van der Waals surface area contributed by atoms with Crippen LogP contribution >= 0.6 is 12.2 Å². The van der Waals surface area contributed by atoms with Crippen molar-refractivity contribution in [3.63, 3.8) is 0 Å². The van der Waals surface area contributed by atoms with Gasteiger partial charge >= 0.3 is 0 Å². The van der Waals surface area contributed by atoms with Crippen molar-refractivity contribution in [2.75, 3.05) is 5.32 Å². The molecule has 0 saturated carbocycles. The summed E-state index contributed by atoms with van der Waals surface area (Å²) in [4.78, 5) is 12.1. The Morgan fingerprint density at radius 2 is 1.82 bits per heavy atom. The molecule has 1 amide bonds. The molecule has 7 heteroatoms. The van der Waals surface area contributed by atoms with Gasteiger partial charge in [0.05, 0.1) is 11.6 Å². The van der Waals surface area contributed by atoms with Crippen LogP contribution < -0.4 is 20.9 Å². The summed E-state index contributed by atoms with van der Waals surface area (Å²) < 4.78 is 5.55. The molecule has 0 saturated heterocycles. The number of hydrogen-bond acceptors (Lipinski definition) is 4. The van der Waals surface area contributed by atoms with Crippen LogP contribution in [0.15, 0.2) is 48.5 Å². The van der Waals surface area contributed by atoms with E-state index in [2.05, 4.69) is 35.2 Å². The van der Waals surface area contributed by atoms with E-state index in [1.807, 2.05) is 18.2 Å². The summed E-state index contributed by atoms with van der Waals surface area (Å²) in [6, 6.07) is 16.6. The average Bonchev–Trinajstić information content (AvgIpc) is 2.72. The maximum Gasteiger partial charge on any atom is 0.279 e. The Hall–Kier alpha value is -3.11. The lowest BCUT2D eigenvalue weighted by Crippen LogP contribution is -2.48. The van der Waals surface area contributed by atoms with Crippen molar-refractivity contribution in [1.82, 2.24) is 10.9 Å². The summed E-state index contributed by atoms with van der Waals surface area (Å²) in [6.45, 7) is 3.80. The summed E-state index contributed by atoms with van der Waals surface area (Å²) >= 11 is 5.19. The first-order valence-corrected chi connectivity index (χ1v) is 9.55. The normalized spacial score (nSPS) is 11.0. The van der Waals surface area contributed by atoms with Crippen LogP contribution in [-0.2, 0) is 11.2 Å². The zero-order chi connectivity index (χ0) is 20.4. The topological polar surface area (TPSA) is 86.2 Å². The van der Waals surface area contributed by atoms with E-state index >= 15 is 0 Å². The molecule has 0 aliphatic heterocycles. The second-order valence-electron chi connectivity index (χ2n) is 6.27. The van der Waals surface area contributed by atoms with Gasteiger partial charge in [-0.05, 0) is 73.9 Å². The van der Waals surface area contributed by atoms with Crippen molar-refractivity contribution in [3.05, 3.63) is 59.7 Å². The molecule has 0 spiro atoms. The lowest BCUT2D eigenvalue weighted by molar-refractivity contribution is -0.127. The Labute approximate surface area is 170 Å². The fourth-order valence-corrected chi connectivity index (χ4v) is 2.55. The van der Waals surface area contributed by atoms with E-state index in [-0.39, 0.29) is 11.0 Å². The number of nitrogens with zero attached hydrogens (tertiary/aromatic N) is 1. The molecule has 28 heavy (non-hydrogen) atoms. The highest BCUT2D eigenvalue weighted by atomic mass is 32.1. The third kappa shape index (κ3) is 6.89. The van der Waals surface area contributed by atoms with Gasteiger partial charge < -0.3 is 10.1 Å². The number of anilines is 1. The molecule has 0 unspecified atom stereocenters. The van der Waals surface area contributed by atoms with E-state index in [0.717, 1.165) is 12.1 Å². The predicted octanol–water partition coefficient (Wildman–Crippen LogP) is 3.69. The first-order valence-electron chi connectivity index (χ1n) is 9.14. The van der Waals surface area contributed by atoms with Gasteiger partial charge in [0.15, 0.2) is 11.2 Å². The Kier molecular flexibility index (Phi) is 8.25. The molecule has 146 valence electrons. The van der Waals surface area contributed by atoms with E-state index in [9.17, 15) is 4.79 Å². The molecular formula is C21H24N4O2S. The lowest BCUT2D eigenvalue weighted by atomic mass is 10.1. The summed E-state index contributed by atoms with van der Waals surface area (Å²) in [5.41, 5.74) is 7.83. The number of hydrazine groups is 1. The summed E-state index contributed by atoms with van der Waals surface area (Å²) in [5, 5.41) is 12.1. The van der Waals surface area contributed by atoms with Crippen LogP contribution in [0.2, 0.25) is 0 Å². The molecule has 0 aliphatic carbocycles. The molecule has 2 rings (SSSR count). The molecule has 0 heterocycles. The van der Waals surface area contributed by atoms with Gasteiger partial charge in [0, 0.05) is 5.69 Å². The van der Waals surface area contributed by atoms with Crippen molar-refractivity contribution in [3.8, 4) is 11.8 Å². The van der Waals surface area contributed by atoms with Crippen LogP contribution in [0.3, 0.4) is 0 Å². The standard InChI is InChI=1S/C21H24N4O2S/c1-3-4-5-16-6-10-18(11-7-16)23-21(28)25-24-20(26)15(2)27-19-12-8-17(14-22)9-13-19/h6-13,15H,3-5H2,1-2H3,(H,24,26)(H2,23,25,28)/t15-/m0/s1. The summed E-state index contributed by atoms with van der Waals surface area (Å²) in [6.07, 6.45) is 2.66. The number of aryl methyl sites for hydroxylation is 1. The number of amides is 1. The number of carbonyl (C=O) groups excluding carboxylic acids is 1. The highest BCUT2D eigenvalue weighted by Gasteiger charge is 2.14. The monoisotopic (exact) mass is 396 g/mol. The second-order valence-corrected chi connectivity index (χ2v) is 6.67. The number of rotatable bonds is 7. The van der Waals surface area contributed by atoms with Crippen LogP contribution in [0, 0.1) is 11.3 Å². The molecule has 0 aliphatic rings. The fourth-order valence-electron chi connectivity index (χ4n) is 2.38. The van der Waals surface area contributed by atoms with Crippen LogP contribution in [0.25, 0.3) is 0 Å². The average molecular weight is 397 g/mol. The number of hydrogen-bond donors (Lipinski definition) is 3. The molecule has 6 nitrogen and oxygen atoms in total. The maximum absolute atomic E-state index is 12.1. The molecule has 2 aromatic carbocycles. The van der Waals surface area contributed by atoms with E-state index in [0.29, 0.717) is 11.3 Å². The van der Waals surface area contributed by atoms with Crippen LogP contribution in [-0.4, -0.2) is 17.1 Å². The zero-order valence-corrected chi connectivity index (χ0v) is 16.8. The van der Waals surface area contributed by atoms with Crippen molar-refractivity contribution >= 4 is 28.9 Å². The Morgan fingerprint density at radius 1 is 1.14 bits per heavy atom. The van der Waals surface area contributed by atoms with E-state index < -0.39 is 6.10 Å². The number of carbonyl (C=O) groups is 1.